The maximum atomic E-state index is 14.4. The molecular weight excluding hydrogens is 612 g/mol. The number of H-pyrrole nitrogens is 2. The van der Waals surface area contributed by atoms with E-state index in [4.69, 9.17) is 4.84 Å². The number of aliphatic carboxylic acids is 1. The number of aromatic amines is 2. The molecule has 49 heavy (non-hydrogen) atoms. The van der Waals surface area contributed by atoms with Crippen molar-refractivity contribution in [2.45, 2.75) is 30.5 Å². The highest BCUT2D eigenvalue weighted by Gasteiger charge is 2.41. The highest BCUT2D eigenvalue weighted by molar-refractivity contribution is 5.86. The van der Waals surface area contributed by atoms with Crippen LogP contribution in [0.2, 0.25) is 0 Å². The molecule has 8 heteroatoms. The Kier molecular flexibility index (Phi) is 9.06. The van der Waals surface area contributed by atoms with Gasteiger partial charge in [-0.25, -0.2) is 4.79 Å². The first-order valence-corrected chi connectivity index (χ1v) is 16.3. The fraction of sp³-hybridized carbons (Fsp3) is 0.122. The summed E-state index contributed by atoms with van der Waals surface area (Å²) < 4.78 is 0. The minimum Gasteiger partial charge on any atom is -0.480 e. The smallest absolute Gasteiger partial charge is 0.342 e. The average Bonchev–Trinajstić information content (AvgIpc) is 3.76. The predicted octanol–water partition coefficient (Wildman–Crippen LogP) is 6.89. The number of carboxylic acids is 1. The highest BCUT2D eigenvalue weighted by atomic mass is 16.7. The zero-order chi connectivity index (χ0) is 33.6. The van der Waals surface area contributed by atoms with Gasteiger partial charge in [0.05, 0.1) is 5.54 Å². The number of carboxylic acid groups (broad SMARTS) is 1. The van der Waals surface area contributed by atoms with Crippen molar-refractivity contribution in [2.75, 3.05) is 0 Å². The van der Waals surface area contributed by atoms with Crippen LogP contribution < -0.4 is 10.8 Å². The number of rotatable bonds is 13. The number of nitrogens with one attached hydrogen (secondary N) is 4. The molecular formula is C41H36N4O4. The van der Waals surface area contributed by atoms with Crippen LogP contribution in [0.15, 0.2) is 152 Å². The molecule has 0 aliphatic heterocycles. The number of benzene rings is 5. The molecule has 5 aromatic carbocycles. The van der Waals surface area contributed by atoms with E-state index in [1.807, 2.05) is 146 Å². The van der Waals surface area contributed by atoms with Crippen molar-refractivity contribution in [1.82, 2.24) is 20.8 Å². The molecule has 244 valence electrons. The molecule has 7 rings (SSSR count). The Morgan fingerprint density at radius 1 is 0.592 bits per heavy atom. The fourth-order valence-corrected chi connectivity index (χ4v) is 6.69. The molecule has 0 spiro atoms. The van der Waals surface area contributed by atoms with E-state index in [1.54, 1.807) is 6.20 Å². The normalized spacial score (nSPS) is 12.9. The summed E-state index contributed by atoms with van der Waals surface area (Å²) in [4.78, 5) is 39.1. The van der Waals surface area contributed by atoms with Crippen LogP contribution in [-0.2, 0) is 32.8 Å². The van der Waals surface area contributed by atoms with Crippen molar-refractivity contribution >= 4 is 33.7 Å². The largest absolute Gasteiger partial charge is 0.480 e. The first-order chi connectivity index (χ1) is 24.0. The quantitative estimate of drug-likeness (QED) is 0.0687. The van der Waals surface area contributed by atoms with Crippen LogP contribution in [0.3, 0.4) is 0 Å². The minimum atomic E-state index is -1.18. The van der Waals surface area contributed by atoms with Crippen LogP contribution in [0.4, 0.5) is 0 Å². The first kappa shape index (κ1) is 31.6. The van der Waals surface area contributed by atoms with Gasteiger partial charge in [0.15, 0.2) is 0 Å². The lowest BCUT2D eigenvalue weighted by molar-refractivity contribution is -0.160. The lowest BCUT2D eigenvalue weighted by Crippen LogP contribution is -2.55. The minimum absolute atomic E-state index is 0.106. The molecule has 0 fully saturated rings. The molecule has 0 amide bonds. The molecule has 0 radical (unpaired) electrons. The topological polar surface area (TPSA) is 119 Å². The van der Waals surface area contributed by atoms with Gasteiger partial charge in [-0.3, -0.25) is 10.1 Å². The average molecular weight is 649 g/mol. The Labute approximate surface area is 283 Å². The van der Waals surface area contributed by atoms with Crippen molar-refractivity contribution in [3.63, 3.8) is 0 Å². The molecule has 2 atom stereocenters. The van der Waals surface area contributed by atoms with Gasteiger partial charge >= 0.3 is 11.9 Å². The molecule has 7 aromatic rings. The second-order valence-electron chi connectivity index (χ2n) is 12.1. The van der Waals surface area contributed by atoms with E-state index < -0.39 is 29.6 Å². The van der Waals surface area contributed by atoms with E-state index in [-0.39, 0.29) is 12.8 Å². The summed E-state index contributed by atoms with van der Waals surface area (Å²) in [5.41, 5.74) is 8.00. The number of aromatic nitrogens is 2. The van der Waals surface area contributed by atoms with Crippen molar-refractivity contribution in [3.8, 4) is 0 Å². The monoisotopic (exact) mass is 648 g/mol. The molecule has 8 nitrogen and oxygen atoms in total. The molecule has 0 saturated heterocycles. The number of hydroxylamine groups is 1. The van der Waals surface area contributed by atoms with E-state index >= 15 is 0 Å². The SMILES string of the molecule is O=C(O)C(Cc1c[nH]c2ccccc12)NOC(=O)C(Cc1c[nH]c2ccccc12)NC(c1ccccc1)(c1ccccc1)c1ccccc1. The van der Waals surface area contributed by atoms with Crippen molar-refractivity contribution in [3.05, 3.63) is 180 Å². The van der Waals surface area contributed by atoms with E-state index in [2.05, 4.69) is 20.8 Å². The van der Waals surface area contributed by atoms with E-state index in [0.717, 1.165) is 49.6 Å². The Hall–Kier alpha value is -5.96. The Morgan fingerprint density at radius 2 is 1.00 bits per heavy atom. The summed E-state index contributed by atoms with van der Waals surface area (Å²) >= 11 is 0. The second-order valence-corrected chi connectivity index (χ2v) is 12.1. The summed E-state index contributed by atoms with van der Waals surface area (Å²) in [5.74, 6) is -1.77. The Morgan fingerprint density at radius 3 is 1.45 bits per heavy atom. The third-order valence-corrected chi connectivity index (χ3v) is 9.09. The van der Waals surface area contributed by atoms with Gasteiger partial charge in [-0.1, -0.05) is 127 Å². The summed E-state index contributed by atoms with van der Waals surface area (Å²) in [6.07, 6.45) is 4.07. The number of para-hydroxylation sites is 2. The van der Waals surface area contributed by atoms with Gasteiger partial charge < -0.3 is 19.9 Å². The molecule has 0 bridgehead atoms. The molecule has 0 saturated carbocycles. The molecule has 0 aliphatic rings. The van der Waals surface area contributed by atoms with Crippen LogP contribution in [0, 0.1) is 0 Å². The van der Waals surface area contributed by atoms with Crippen LogP contribution in [0.1, 0.15) is 27.8 Å². The van der Waals surface area contributed by atoms with Crippen molar-refractivity contribution in [2.24, 2.45) is 0 Å². The Balaban J connectivity index is 1.27. The zero-order valence-electron chi connectivity index (χ0n) is 26.7. The number of hydrogen-bond acceptors (Lipinski definition) is 5. The highest BCUT2D eigenvalue weighted by Crippen LogP contribution is 2.38. The lowest BCUT2D eigenvalue weighted by Gasteiger charge is -2.39. The predicted molar refractivity (Wildman–Crippen MR) is 191 cm³/mol. The molecule has 2 unspecified atom stereocenters. The third kappa shape index (κ3) is 6.47. The van der Waals surface area contributed by atoms with E-state index in [0.29, 0.717) is 0 Å². The third-order valence-electron chi connectivity index (χ3n) is 9.09. The van der Waals surface area contributed by atoms with Gasteiger partial charge in [-0.05, 0) is 39.9 Å². The lowest BCUT2D eigenvalue weighted by atomic mass is 9.76. The van der Waals surface area contributed by atoms with Gasteiger partial charge in [0.2, 0.25) is 0 Å². The first-order valence-electron chi connectivity index (χ1n) is 16.3. The van der Waals surface area contributed by atoms with Gasteiger partial charge in [-0.2, -0.15) is 0 Å². The summed E-state index contributed by atoms with van der Waals surface area (Å²) in [6, 6.07) is 43.5. The second kappa shape index (κ2) is 14.0. The van der Waals surface area contributed by atoms with Gasteiger partial charge in [0.1, 0.15) is 12.1 Å². The summed E-state index contributed by atoms with van der Waals surface area (Å²) in [5, 5.41) is 15.8. The maximum Gasteiger partial charge on any atom is 0.342 e. The number of fused-ring (bicyclic) bond motifs is 2. The number of carbonyl (C=O) groups is 2. The van der Waals surface area contributed by atoms with Gasteiger partial charge in [-0.15, -0.1) is 5.48 Å². The van der Waals surface area contributed by atoms with E-state index in [1.165, 1.54) is 0 Å². The standard InChI is InChI=1S/C41H36N4O4/c46-39(47)37(24-28-26-42-35-22-12-10-20-33(28)35)45-49-40(48)38(25-29-27-43-36-23-13-11-21-34(29)36)44-41(30-14-4-1-5-15-30,31-16-6-2-7-17-31)32-18-8-3-9-19-32/h1-23,26-27,37-38,42-45H,24-25H2,(H,46,47). The summed E-state index contributed by atoms with van der Waals surface area (Å²) in [6.45, 7) is 0. The van der Waals surface area contributed by atoms with Crippen LogP contribution in [0.25, 0.3) is 21.8 Å². The van der Waals surface area contributed by atoms with Crippen molar-refractivity contribution < 1.29 is 19.5 Å². The maximum absolute atomic E-state index is 14.4. The number of hydrogen-bond donors (Lipinski definition) is 5. The van der Waals surface area contributed by atoms with Crippen LogP contribution in [0.5, 0.6) is 0 Å². The Bertz CT molecular complexity index is 2080. The molecule has 5 N–H and O–H groups in total. The van der Waals surface area contributed by atoms with Gasteiger partial charge in [0.25, 0.3) is 0 Å². The fourth-order valence-electron chi connectivity index (χ4n) is 6.69. The zero-order valence-corrected chi connectivity index (χ0v) is 26.7. The summed E-state index contributed by atoms with van der Waals surface area (Å²) in [7, 11) is 0. The number of carbonyl (C=O) groups excluding carboxylic acids is 1. The van der Waals surface area contributed by atoms with Gasteiger partial charge in [0, 0.05) is 47.0 Å². The molecule has 2 heterocycles. The molecule has 0 aliphatic carbocycles. The van der Waals surface area contributed by atoms with Crippen LogP contribution >= 0.6 is 0 Å². The van der Waals surface area contributed by atoms with Crippen LogP contribution in [-0.4, -0.2) is 39.1 Å². The van der Waals surface area contributed by atoms with E-state index in [9.17, 15) is 14.7 Å². The molecule has 2 aromatic heterocycles. The van der Waals surface area contributed by atoms with Crippen molar-refractivity contribution in [1.29, 1.82) is 0 Å².